The van der Waals surface area contributed by atoms with Gasteiger partial charge in [0.25, 0.3) is 0 Å². The van der Waals surface area contributed by atoms with Crippen LogP contribution >= 0.6 is 11.3 Å². The number of rotatable bonds is 8. The molecule has 2 atom stereocenters. The predicted molar refractivity (Wildman–Crippen MR) is 110 cm³/mol. The van der Waals surface area contributed by atoms with Crippen molar-refractivity contribution in [2.24, 2.45) is 0 Å². The zero-order valence-corrected chi connectivity index (χ0v) is 16.8. The summed E-state index contributed by atoms with van der Waals surface area (Å²) in [5.74, 6) is -0.397. The van der Waals surface area contributed by atoms with Gasteiger partial charge < -0.3 is 15.4 Å². The van der Waals surface area contributed by atoms with Crippen molar-refractivity contribution in [3.8, 4) is 0 Å². The Morgan fingerprint density at radius 1 is 1.21 bits per heavy atom. The summed E-state index contributed by atoms with van der Waals surface area (Å²) < 4.78 is 5.23. The molecule has 28 heavy (non-hydrogen) atoms. The fourth-order valence-electron chi connectivity index (χ4n) is 3.29. The van der Waals surface area contributed by atoms with E-state index in [1.807, 2.05) is 36.6 Å². The quantitative estimate of drug-likeness (QED) is 0.595. The van der Waals surface area contributed by atoms with Crippen molar-refractivity contribution >= 4 is 23.3 Å². The van der Waals surface area contributed by atoms with E-state index in [1.165, 1.54) is 0 Å². The Bertz CT molecular complexity index is 834. The number of carbonyl (C=O) groups excluding carboxylic acids is 2. The van der Waals surface area contributed by atoms with Crippen LogP contribution in [0.15, 0.2) is 59.1 Å². The second-order valence-corrected chi connectivity index (χ2v) is 7.39. The second-order valence-electron chi connectivity index (χ2n) is 6.41. The molecule has 0 radical (unpaired) electrons. The highest BCUT2D eigenvalue weighted by Gasteiger charge is 2.31. The minimum Gasteiger partial charge on any atom is -0.463 e. The molecule has 1 aliphatic rings. The Balaban J connectivity index is 1.89. The lowest BCUT2D eigenvalue weighted by molar-refractivity contribution is -0.139. The molecule has 0 saturated heterocycles. The molecule has 0 saturated carbocycles. The SMILES string of the molecule is CCOC(=O)C1=C(CN[C@@H](c2ccccc2)c2cccs2)NC(=O)N[C@@H]1CC. The predicted octanol–water partition coefficient (Wildman–Crippen LogP) is 3.34. The zero-order chi connectivity index (χ0) is 19.9. The summed E-state index contributed by atoms with van der Waals surface area (Å²) in [6.45, 7) is 4.33. The van der Waals surface area contributed by atoms with E-state index in [4.69, 9.17) is 4.74 Å². The largest absolute Gasteiger partial charge is 0.463 e. The molecule has 1 aromatic carbocycles. The summed E-state index contributed by atoms with van der Waals surface area (Å²) in [7, 11) is 0. The van der Waals surface area contributed by atoms with Gasteiger partial charge in [0.15, 0.2) is 0 Å². The van der Waals surface area contributed by atoms with Gasteiger partial charge in [-0.05, 0) is 30.4 Å². The first-order valence-corrected chi connectivity index (χ1v) is 10.3. The highest BCUT2D eigenvalue weighted by Crippen LogP contribution is 2.26. The van der Waals surface area contributed by atoms with Gasteiger partial charge in [-0.15, -0.1) is 11.3 Å². The van der Waals surface area contributed by atoms with Crippen LogP contribution in [-0.4, -0.2) is 31.2 Å². The lowest BCUT2D eigenvalue weighted by atomic mass is 9.99. The molecule has 0 spiro atoms. The zero-order valence-electron chi connectivity index (χ0n) is 16.0. The third kappa shape index (κ3) is 4.61. The van der Waals surface area contributed by atoms with E-state index in [0.29, 0.717) is 24.2 Å². The number of esters is 1. The van der Waals surface area contributed by atoms with Gasteiger partial charge in [0.2, 0.25) is 0 Å². The van der Waals surface area contributed by atoms with Crippen LogP contribution in [-0.2, 0) is 9.53 Å². The molecule has 2 aromatic rings. The summed E-state index contributed by atoms with van der Waals surface area (Å²) in [6, 6.07) is 13.5. The third-order valence-electron chi connectivity index (χ3n) is 4.59. The summed E-state index contributed by atoms with van der Waals surface area (Å²) in [5, 5.41) is 11.1. The summed E-state index contributed by atoms with van der Waals surface area (Å²) in [6.07, 6.45) is 0.609. The van der Waals surface area contributed by atoms with Crippen LogP contribution in [0.4, 0.5) is 4.79 Å². The number of amides is 2. The van der Waals surface area contributed by atoms with Crippen LogP contribution in [0.25, 0.3) is 0 Å². The molecular weight excluding hydrogens is 374 g/mol. The summed E-state index contributed by atoms with van der Waals surface area (Å²) in [5.41, 5.74) is 2.16. The Morgan fingerprint density at radius 2 is 2.00 bits per heavy atom. The maximum absolute atomic E-state index is 12.5. The minimum absolute atomic E-state index is 0.0380. The first-order valence-electron chi connectivity index (χ1n) is 9.43. The van der Waals surface area contributed by atoms with Gasteiger partial charge in [-0.1, -0.05) is 43.3 Å². The molecule has 3 rings (SSSR count). The molecule has 6 nitrogen and oxygen atoms in total. The minimum atomic E-state index is -0.397. The van der Waals surface area contributed by atoms with Gasteiger partial charge in [0, 0.05) is 17.1 Å². The van der Waals surface area contributed by atoms with Crippen molar-refractivity contribution in [1.29, 1.82) is 0 Å². The van der Waals surface area contributed by atoms with Crippen molar-refractivity contribution in [1.82, 2.24) is 16.0 Å². The van der Waals surface area contributed by atoms with Gasteiger partial charge in [0.1, 0.15) is 0 Å². The smallest absolute Gasteiger partial charge is 0.337 e. The maximum Gasteiger partial charge on any atom is 0.337 e. The van der Waals surface area contributed by atoms with E-state index in [1.54, 1.807) is 18.3 Å². The molecule has 7 heteroatoms. The number of hydrogen-bond acceptors (Lipinski definition) is 5. The van der Waals surface area contributed by atoms with Crippen LogP contribution in [0.2, 0.25) is 0 Å². The number of thiophene rings is 1. The molecule has 1 aromatic heterocycles. The van der Waals surface area contributed by atoms with Gasteiger partial charge >= 0.3 is 12.0 Å². The van der Waals surface area contributed by atoms with Crippen molar-refractivity contribution < 1.29 is 14.3 Å². The summed E-state index contributed by atoms with van der Waals surface area (Å²) in [4.78, 5) is 25.8. The molecule has 1 aliphatic heterocycles. The van der Waals surface area contributed by atoms with E-state index < -0.39 is 5.97 Å². The number of urea groups is 1. The summed E-state index contributed by atoms with van der Waals surface area (Å²) >= 11 is 1.66. The Hall–Kier alpha value is -2.64. The maximum atomic E-state index is 12.5. The molecule has 3 N–H and O–H groups in total. The van der Waals surface area contributed by atoms with Crippen LogP contribution < -0.4 is 16.0 Å². The monoisotopic (exact) mass is 399 g/mol. The molecule has 0 bridgehead atoms. The van der Waals surface area contributed by atoms with Gasteiger partial charge in [-0.3, -0.25) is 5.32 Å². The first-order chi connectivity index (χ1) is 13.6. The van der Waals surface area contributed by atoms with Crippen LogP contribution in [0.3, 0.4) is 0 Å². The number of nitrogens with one attached hydrogen (secondary N) is 3. The van der Waals surface area contributed by atoms with Gasteiger partial charge in [-0.2, -0.15) is 0 Å². The third-order valence-corrected chi connectivity index (χ3v) is 5.53. The van der Waals surface area contributed by atoms with E-state index in [-0.39, 0.29) is 24.7 Å². The van der Waals surface area contributed by atoms with E-state index in [0.717, 1.165) is 10.4 Å². The van der Waals surface area contributed by atoms with Crippen LogP contribution in [0, 0.1) is 0 Å². The van der Waals surface area contributed by atoms with E-state index >= 15 is 0 Å². The molecule has 148 valence electrons. The molecule has 0 unspecified atom stereocenters. The number of hydrogen-bond donors (Lipinski definition) is 3. The topological polar surface area (TPSA) is 79.5 Å². The number of benzene rings is 1. The molecule has 2 heterocycles. The van der Waals surface area contributed by atoms with Crippen LogP contribution in [0.5, 0.6) is 0 Å². The van der Waals surface area contributed by atoms with Crippen molar-refractivity contribution in [2.75, 3.05) is 13.2 Å². The highest BCUT2D eigenvalue weighted by molar-refractivity contribution is 7.10. The fraction of sp³-hybridized carbons (Fsp3) is 0.333. The standard InChI is InChI=1S/C21H25N3O3S/c1-3-15-18(20(25)27-4-2)16(24-21(26)23-15)13-22-19(17-11-8-12-28-17)14-9-6-5-7-10-14/h5-12,15,19,22H,3-4,13H2,1-2H3,(H2,23,24,26)/t15-,19+/m1/s1. The van der Waals surface area contributed by atoms with Crippen molar-refractivity contribution in [3.63, 3.8) is 0 Å². The highest BCUT2D eigenvalue weighted by atomic mass is 32.1. The molecule has 0 fully saturated rings. The molecule has 0 aliphatic carbocycles. The van der Waals surface area contributed by atoms with Crippen molar-refractivity contribution in [3.05, 3.63) is 69.6 Å². The average molecular weight is 400 g/mol. The molecule has 2 amide bonds. The number of carbonyl (C=O) groups is 2. The van der Waals surface area contributed by atoms with E-state index in [9.17, 15) is 9.59 Å². The van der Waals surface area contributed by atoms with Gasteiger partial charge in [0.05, 0.1) is 24.3 Å². The van der Waals surface area contributed by atoms with Crippen LogP contribution in [0.1, 0.15) is 36.8 Å². The van der Waals surface area contributed by atoms with E-state index in [2.05, 4.69) is 34.1 Å². The van der Waals surface area contributed by atoms with Gasteiger partial charge in [-0.25, -0.2) is 9.59 Å². The lowest BCUT2D eigenvalue weighted by Crippen LogP contribution is -2.52. The lowest BCUT2D eigenvalue weighted by Gasteiger charge is -2.29. The normalized spacial score (nSPS) is 17.6. The Morgan fingerprint density at radius 3 is 2.64 bits per heavy atom. The number of ether oxygens (including phenoxy) is 1. The molecular formula is C21H25N3O3S. The average Bonchev–Trinajstić information content (AvgIpc) is 3.23. The first kappa shape index (κ1) is 20.1. The van der Waals surface area contributed by atoms with Crippen molar-refractivity contribution in [2.45, 2.75) is 32.4 Å². The second kappa shape index (κ2) is 9.52. The Labute approximate surface area is 169 Å². The Kier molecular flexibility index (Phi) is 6.84. The fourth-order valence-corrected chi connectivity index (χ4v) is 4.12.